The maximum atomic E-state index is 14.1. The summed E-state index contributed by atoms with van der Waals surface area (Å²) >= 11 is 0. The second kappa shape index (κ2) is 5.61. The zero-order valence-corrected chi connectivity index (χ0v) is 12.6. The number of methoxy groups -OCH3 is 1. The normalized spacial score (nSPS) is 10.9. The number of halogens is 1. The van der Waals surface area contributed by atoms with Crippen LogP contribution in [0, 0.1) is 19.7 Å². The van der Waals surface area contributed by atoms with Gasteiger partial charge in [0.25, 0.3) is 0 Å². The van der Waals surface area contributed by atoms with Crippen LogP contribution in [0.15, 0.2) is 24.4 Å². The number of aromatic nitrogens is 1. The predicted octanol–water partition coefficient (Wildman–Crippen LogP) is 4.64. The maximum Gasteiger partial charge on any atom is 0.130 e. The molecule has 2 rings (SSSR count). The summed E-state index contributed by atoms with van der Waals surface area (Å²) in [5.41, 5.74) is 4.64. The lowest BCUT2D eigenvalue weighted by Crippen LogP contribution is -1.99. The summed E-state index contributed by atoms with van der Waals surface area (Å²) in [6.45, 7) is 7.95. The molecule has 0 aliphatic heterocycles. The highest BCUT2D eigenvalue weighted by molar-refractivity contribution is 5.73. The lowest BCUT2D eigenvalue weighted by Gasteiger charge is -2.15. The molecule has 0 saturated heterocycles. The Bertz CT molecular complexity index is 635. The molecule has 0 aliphatic carbocycles. The van der Waals surface area contributed by atoms with E-state index in [-0.39, 0.29) is 11.7 Å². The molecule has 3 heteroatoms. The molecule has 0 saturated carbocycles. The third-order valence-corrected chi connectivity index (χ3v) is 3.48. The first-order valence-electron chi connectivity index (χ1n) is 6.75. The summed E-state index contributed by atoms with van der Waals surface area (Å²) in [6, 6.07) is 5.36. The second-order valence-corrected chi connectivity index (χ2v) is 5.37. The van der Waals surface area contributed by atoms with Crippen molar-refractivity contribution in [3.05, 3.63) is 47.0 Å². The smallest absolute Gasteiger partial charge is 0.130 e. The van der Waals surface area contributed by atoms with Crippen LogP contribution in [0.1, 0.15) is 36.6 Å². The van der Waals surface area contributed by atoms with Crippen LogP contribution in [-0.2, 0) is 0 Å². The largest absolute Gasteiger partial charge is 0.496 e. The average Bonchev–Trinajstić information content (AvgIpc) is 2.38. The Balaban J connectivity index is 2.68. The number of benzene rings is 1. The Morgan fingerprint density at radius 2 is 1.80 bits per heavy atom. The Kier molecular flexibility index (Phi) is 4.07. The topological polar surface area (TPSA) is 22.1 Å². The van der Waals surface area contributed by atoms with Gasteiger partial charge in [-0.2, -0.15) is 0 Å². The fourth-order valence-corrected chi connectivity index (χ4v) is 2.37. The number of aryl methyl sites for hydroxylation is 2. The number of ether oxygens (including phenoxy) is 1. The van der Waals surface area contributed by atoms with Crippen molar-refractivity contribution in [2.75, 3.05) is 7.11 Å². The van der Waals surface area contributed by atoms with Crippen molar-refractivity contribution < 1.29 is 9.13 Å². The van der Waals surface area contributed by atoms with Gasteiger partial charge in [-0.3, -0.25) is 4.98 Å². The third kappa shape index (κ3) is 2.67. The zero-order chi connectivity index (χ0) is 14.9. The van der Waals surface area contributed by atoms with Crippen LogP contribution < -0.4 is 4.74 Å². The van der Waals surface area contributed by atoms with Crippen LogP contribution in [0.4, 0.5) is 4.39 Å². The molecule has 1 heterocycles. The quantitative estimate of drug-likeness (QED) is 0.813. The van der Waals surface area contributed by atoms with Gasteiger partial charge in [-0.05, 0) is 43.0 Å². The minimum absolute atomic E-state index is 0.123. The molecule has 0 atom stereocenters. The first-order chi connectivity index (χ1) is 9.43. The lowest BCUT2D eigenvalue weighted by atomic mass is 9.94. The van der Waals surface area contributed by atoms with Crippen molar-refractivity contribution in [3.63, 3.8) is 0 Å². The number of hydrogen-bond acceptors (Lipinski definition) is 2. The monoisotopic (exact) mass is 273 g/mol. The van der Waals surface area contributed by atoms with E-state index in [0.29, 0.717) is 11.3 Å². The first kappa shape index (κ1) is 14.5. The first-order valence-corrected chi connectivity index (χ1v) is 6.75. The van der Waals surface area contributed by atoms with Crippen molar-refractivity contribution in [2.24, 2.45) is 0 Å². The lowest BCUT2D eigenvalue weighted by molar-refractivity contribution is 0.412. The van der Waals surface area contributed by atoms with Crippen molar-refractivity contribution in [1.29, 1.82) is 0 Å². The van der Waals surface area contributed by atoms with Crippen molar-refractivity contribution >= 4 is 0 Å². The van der Waals surface area contributed by atoms with Gasteiger partial charge >= 0.3 is 0 Å². The molecule has 106 valence electrons. The summed E-state index contributed by atoms with van der Waals surface area (Å²) in [5, 5.41) is 0. The second-order valence-electron chi connectivity index (χ2n) is 5.37. The molecule has 0 radical (unpaired) electrons. The van der Waals surface area contributed by atoms with E-state index in [1.54, 1.807) is 7.11 Å². The van der Waals surface area contributed by atoms with Crippen molar-refractivity contribution in [1.82, 2.24) is 4.98 Å². The molecular formula is C17H20FNO. The van der Waals surface area contributed by atoms with E-state index < -0.39 is 0 Å². The van der Waals surface area contributed by atoms with Gasteiger partial charge in [-0.1, -0.05) is 13.8 Å². The molecule has 2 nitrogen and oxygen atoms in total. The molecule has 0 fully saturated rings. The van der Waals surface area contributed by atoms with Gasteiger partial charge in [0.1, 0.15) is 11.6 Å². The number of nitrogens with zero attached hydrogens (tertiary/aromatic N) is 1. The Morgan fingerprint density at radius 1 is 1.10 bits per heavy atom. The minimum Gasteiger partial charge on any atom is -0.496 e. The molecule has 2 aromatic rings. The number of pyridine rings is 1. The van der Waals surface area contributed by atoms with Gasteiger partial charge in [0.15, 0.2) is 0 Å². The van der Waals surface area contributed by atoms with E-state index in [1.807, 2.05) is 46.0 Å². The van der Waals surface area contributed by atoms with E-state index in [0.717, 1.165) is 22.4 Å². The molecule has 0 spiro atoms. The Hall–Kier alpha value is -1.90. The highest BCUT2D eigenvalue weighted by atomic mass is 19.1. The Labute approximate surface area is 119 Å². The molecule has 0 aliphatic rings. The molecule has 0 unspecified atom stereocenters. The van der Waals surface area contributed by atoms with E-state index in [9.17, 15) is 4.39 Å². The van der Waals surface area contributed by atoms with Gasteiger partial charge in [-0.15, -0.1) is 0 Å². The van der Waals surface area contributed by atoms with Gasteiger partial charge in [0.05, 0.1) is 7.11 Å². The van der Waals surface area contributed by atoms with E-state index >= 15 is 0 Å². The SMILES string of the molecule is COc1cc(F)c(C(C)C)cc1-c1cnc(C)cc1C. The molecular weight excluding hydrogens is 253 g/mol. The number of hydrogen-bond donors (Lipinski definition) is 0. The molecule has 0 amide bonds. The van der Waals surface area contributed by atoms with Crippen molar-refractivity contribution in [2.45, 2.75) is 33.6 Å². The summed E-state index contributed by atoms with van der Waals surface area (Å²) in [5.74, 6) is 0.442. The van der Waals surface area contributed by atoms with Crippen LogP contribution in [0.5, 0.6) is 5.75 Å². The summed E-state index contributed by atoms with van der Waals surface area (Å²) in [6.07, 6.45) is 1.82. The van der Waals surface area contributed by atoms with Crippen LogP contribution in [0.3, 0.4) is 0 Å². The van der Waals surface area contributed by atoms with Gasteiger partial charge < -0.3 is 4.74 Å². The van der Waals surface area contributed by atoms with Crippen LogP contribution >= 0.6 is 0 Å². The van der Waals surface area contributed by atoms with Crippen LogP contribution in [0.25, 0.3) is 11.1 Å². The van der Waals surface area contributed by atoms with Crippen molar-refractivity contribution in [3.8, 4) is 16.9 Å². The highest BCUT2D eigenvalue weighted by Gasteiger charge is 2.15. The summed E-state index contributed by atoms with van der Waals surface area (Å²) in [4.78, 5) is 4.34. The molecule has 20 heavy (non-hydrogen) atoms. The highest BCUT2D eigenvalue weighted by Crippen LogP contribution is 2.36. The zero-order valence-electron chi connectivity index (χ0n) is 12.6. The Morgan fingerprint density at radius 3 is 2.35 bits per heavy atom. The fourth-order valence-electron chi connectivity index (χ4n) is 2.37. The molecule has 0 N–H and O–H groups in total. The molecule has 1 aromatic carbocycles. The van der Waals surface area contributed by atoms with E-state index in [4.69, 9.17) is 4.74 Å². The number of rotatable bonds is 3. The van der Waals surface area contributed by atoms with E-state index in [2.05, 4.69) is 4.98 Å². The fraction of sp³-hybridized carbons (Fsp3) is 0.353. The molecule has 1 aromatic heterocycles. The standard InChI is InChI=1S/C17H20FNO/c1-10(2)13-7-14(17(20-5)8-16(13)18)15-9-19-12(4)6-11(15)3/h6-10H,1-5H3. The third-order valence-electron chi connectivity index (χ3n) is 3.48. The molecule has 0 bridgehead atoms. The average molecular weight is 273 g/mol. The van der Waals surface area contributed by atoms with E-state index in [1.165, 1.54) is 6.07 Å². The minimum atomic E-state index is -0.224. The maximum absolute atomic E-state index is 14.1. The van der Waals surface area contributed by atoms with Gasteiger partial charge in [-0.25, -0.2) is 4.39 Å². The summed E-state index contributed by atoms with van der Waals surface area (Å²) < 4.78 is 19.4. The van der Waals surface area contributed by atoms with Crippen LogP contribution in [-0.4, -0.2) is 12.1 Å². The van der Waals surface area contributed by atoms with Gasteiger partial charge in [0, 0.05) is 29.1 Å². The van der Waals surface area contributed by atoms with Crippen LogP contribution in [0.2, 0.25) is 0 Å². The van der Waals surface area contributed by atoms with Gasteiger partial charge in [0.2, 0.25) is 0 Å². The summed E-state index contributed by atoms with van der Waals surface area (Å²) in [7, 11) is 1.56. The predicted molar refractivity (Wildman–Crippen MR) is 79.7 cm³/mol.